The predicted octanol–water partition coefficient (Wildman–Crippen LogP) is 3.69. The topological polar surface area (TPSA) is 42.4 Å². The molecular formula is C17H21NO2. The van der Waals surface area contributed by atoms with E-state index in [2.05, 4.69) is 4.98 Å². The first kappa shape index (κ1) is 13.4. The molecule has 1 aliphatic rings. The fourth-order valence-corrected chi connectivity index (χ4v) is 2.96. The van der Waals surface area contributed by atoms with Crippen molar-refractivity contribution in [2.24, 2.45) is 5.92 Å². The minimum Gasteiger partial charge on any atom is -0.477 e. The Morgan fingerprint density at radius 1 is 1.15 bits per heavy atom. The molecular weight excluding hydrogens is 250 g/mol. The number of rotatable bonds is 4. The van der Waals surface area contributed by atoms with Crippen LogP contribution in [0.25, 0.3) is 10.8 Å². The van der Waals surface area contributed by atoms with Crippen molar-refractivity contribution >= 4 is 10.8 Å². The molecule has 0 spiro atoms. The van der Waals surface area contributed by atoms with Crippen molar-refractivity contribution in [2.45, 2.75) is 38.7 Å². The quantitative estimate of drug-likeness (QED) is 0.922. The lowest BCUT2D eigenvalue weighted by Crippen LogP contribution is -2.16. The largest absolute Gasteiger partial charge is 0.477 e. The molecule has 0 atom stereocenters. The number of nitrogens with zero attached hydrogens (tertiary/aromatic N) is 1. The molecule has 3 nitrogen and oxygen atoms in total. The van der Waals surface area contributed by atoms with Gasteiger partial charge in [-0.3, -0.25) is 0 Å². The zero-order chi connectivity index (χ0) is 13.8. The molecule has 1 heterocycles. The van der Waals surface area contributed by atoms with Crippen LogP contribution in [0.15, 0.2) is 30.3 Å². The van der Waals surface area contributed by atoms with E-state index >= 15 is 0 Å². The van der Waals surface area contributed by atoms with Crippen molar-refractivity contribution in [3.63, 3.8) is 0 Å². The summed E-state index contributed by atoms with van der Waals surface area (Å²) in [6.45, 7) is 0.691. The second kappa shape index (κ2) is 6.23. The molecule has 1 aromatic carbocycles. The predicted molar refractivity (Wildman–Crippen MR) is 79.7 cm³/mol. The van der Waals surface area contributed by atoms with Gasteiger partial charge in [0.05, 0.1) is 18.9 Å². The number of pyridine rings is 1. The van der Waals surface area contributed by atoms with Crippen LogP contribution in [0.3, 0.4) is 0 Å². The number of aliphatic hydroxyl groups is 1. The van der Waals surface area contributed by atoms with Gasteiger partial charge in [-0.1, -0.05) is 37.5 Å². The van der Waals surface area contributed by atoms with Crippen molar-refractivity contribution in [3.8, 4) is 5.88 Å². The van der Waals surface area contributed by atoms with Gasteiger partial charge in [0.1, 0.15) is 0 Å². The van der Waals surface area contributed by atoms with Crippen molar-refractivity contribution in [2.75, 3.05) is 6.61 Å². The van der Waals surface area contributed by atoms with Crippen molar-refractivity contribution < 1.29 is 9.84 Å². The molecule has 1 saturated carbocycles. The first-order valence-corrected chi connectivity index (χ1v) is 7.49. The van der Waals surface area contributed by atoms with Crippen LogP contribution in [-0.4, -0.2) is 16.7 Å². The monoisotopic (exact) mass is 271 g/mol. The van der Waals surface area contributed by atoms with Crippen LogP contribution in [0.2, 0.25) is 0 Å². The van der Waals surface area contributed by atoms with Crippen molar-refractivity contribution in [1.29, 1.82) is 0 Å². The van der Waals surface area contributed by atoms with Gasteiger partial charge < -0.3 is 9.84 Å². The Balaban J connectivity index is 1.81. The molecule has 1 N–H and O–H groups in total. The highest BCUT2D eigenvalue weighted by Gasteiger charge is 2.15. The van der Waals surface area contributed by atoms with E-state index in [4.69, 9.17) is 4.74 Å². The van der Waals surface area contributed by atoms with Gasteiger partial charge in [0, 0.05) is 5.39 Å². The fraction of sp³-hybridized carbons (Fsp3) is 0.471. The van der Waals surface area contributed by atoms with E-state index in [1.807, 2.05) is 30.3 Å². The summed E-state index contributed by atoms with van der Waals surface area (Å²) in [5.41, 5.74) is 0.669. The third-order valence-electron chi connectivity index (χ3n) is 4.10. The Hall–Kier alpha value is -1.61. The second-order valence-corrected chi connectivity index (χ2v) is 5.61. The SMILES string of the molecule is OCc1cc2ccccc2c(OCC2CCCCC2)n1. The molecule has 0 bridgehead atoms. The Morgan fingerprint density at radius 2 is 1.95 bits per heavy atom. The summed E-state index contributed by atoms with van der Waals surface area (Å²) >= 11 is 0. The Morgan fingerprint density at radius 3 is 2.75 bits per heavy atom. The maximum absolute atomic E-state index is 9.32. The summed E-state index contributed by atoms with van der Waals surface area (Å²) in [6.07, 6.45) is 6.52. The first-order chi connectivity index (χ1) is 9.86. The molecule has 3 heteroatoms. The van der Waals surface area contributed by atoms with E-state index in [0.29, 0.717) is 17.5 Å². The molecule has 106 valence electrons. The number of aliphatic hydroxyl groups excluding tert-OH is 1. The first-order valence-electron chi connectivity index (χ1n) is 7.49. The lowest BCUT2D eigenvalue weighted by molar-refractivity contribution is 0.203. The highest BCUT2D eigenvalue weighted by molar-refractivity contribution is 5.87. The van der Waals surface area contributed by atoms with Crippen LogP contribution >= 0.6 is 0 Å². The average Bonchev–Trinajstić information content (AvgIpc) is 2.53. The van der Waals surface area contributed by atoms with Crippen LogP contribution in [0.1, 0.15) is 37.8 Å². The number of benzene rings is 1. The molecule has 0 amide bonds. The summed E-state index contributed by atoms with van der Waals surface area (Å²) in [4.78, 5) is 4.43. The van der Waals surface area contributed by atoms with E-state index in [1.165, 1.54) is 32.1 Å². The third-order valence-corrected chi connectivity index (χ3v) is 4.10. The average molecular weight is 271 g/mol. The third kappa shape index (κ3) is 2.93. The van der Waals surface area contributed by atoms with Crippen LogP contribution in [0.4, 0.5) is 0 Å². The van der Waals surface area contributed by atoms with Gasteiger partial charge in [-0.05, 0) is 36.3 Å². The molecule has 0 unspecified atom stereocenters. The van der Waals surface area contributed by atoms with Gasteiger partial charge in [-0.15, -0.1) is 0 Å². The minimum absolute atomic E-state index is 0.0510. The van der Waals surface area contributed by atoms with Crippen LogP contribution in [0.5, 0.6) is 5.88 Å². The summed E-state index contributed by atoms with van der Waals surface area (Å²) in [5, 5.41) is 11.4. The van der Waals surface area contributed by atoms with E-state index < -0.39 is 0 Å². The molecule has 1 aliphatic carbocycles. The maximum Gasteiger partial charge on any atom is 0.221 e. The normalized spacial score (nSPS) is 16.4. The van der Waals surface area contributed by atoms with Gasteiger partial charge >= 0.3 is 0 Å². The highest BCUT2D eigenvalue weighted by Crippen LogP contribution is 2.28. The van der Waals surface area contributed by atoms with E-state index in [1.54, 1.807) is 0 Å². The Kier molecular flexibility index (Phi) is 4.16. The van der Waals surface area contributed by atoms with Crippen LogP contribution in [0, 0.1) is 5.92 Å². The molecule has 0 saturated heterocycles. The summed E-state index contributed by atoms with van der Waals surface area (Å²) in [6, 6.07) is 9.97. The van der Waals surface area contributed by atoms with Gasteiger partial charge in [0.15, 0.2) is 0 Å². The molecule has 2 aromatic rings. The number of hydrogen-bond donors (Lipinski definition) is 1. The zero-order valence-corrected chi connectivity index (χ0v) is 11.7. The van der Waals surface area contributed by atoms with Gasteiger partial charge in [0.25, 0.3) is 0 Å². The van der Waals surface area contributed by atoms with E-state index in [-0.39, 0.29) is 6.61 Å². The molecule has 3 rings (SSSR count). The number of aromatic nitrogens is 1. The fourth-order valence-electron chi connectivity index (χ4n) is 2.96. The number of hydrogen-bond acceptors (Lipinski definition) is 3. The maximum atomic E-state index is 9.32. The Bertz CT molecular complexity index is 576. The second-order valence-electron chi connectivity index (χ2n) is 5.61. The summed E-state index contributed by atoms with van der Waals surface area (Å²) in [7, 11) is 0. The molecule has 0 radical (unpaired) electrons. The smallest absolute Gasteiger partial charge is 0.221 e. The highest BCUT2D eigenvalue weighted by atomic mass is 16.5. The molecule has 1 aromatic heterocycles. The van der Waals surface area contributed by atoms with Gasteiger partial charge in [-0.25, -0.2) is 4.98 Å². The van der Waals surface area contributed by atoms with Crippen LogP contribution in [-0.2, 0) is 6.61 Å². The zero-order valence-electron chi connectivity index (χ0n) is 11.7. The van der Waals surface area contributed by atoms with E-state index in [0.717, 1.165) is 17.4 Å². The molecule has 1 fully saturated rings. The lowest BCUT2D eigenvalue weighted by atomic mass is 9.90. The standard InChI is InChI=1S/C17H21NO2/c19-11-15-10-14-8-4-5-9-16(14)17(18-15)20-12-13-6-2-1-3-7-13/h4-5,8-10,13,19H,1-3,6-7,11-12H2. The summed E-state index contributed by atoms with van der Waals surface area (Å²) in [5.74, 6) is 1.32. The van der Waals surface area contributed by atoms with Gasteiger partial charge in [-0.2, -0.15) is 0 Å². The number of ether oxygens (including phenoxy) is 1. The van der Waals surface area contributed by atoms with Crippen LogP contribution < -0.4 is 4.74 Å². The van der Waals surface area contributed by atoms with Crippen molar-refractivity contribution in [3.05, 3.63) is 36.0 Å². The molecule has 0 aliphatic heterocycles. The number of fused-ring (bicyclic) bond motifs is 1. The lowest BCUT2D eigenvalue weighted by Gasteiger charge is -2.21. The summed E-state index contributed by atoms with van der Waals surface area (Å²) < 4.78 is 5.98. The minimum atomic E-state index is -0.0510. The Labute approximate surface area is 119 Å². The van der Waals surface area contributed by atoms with E-state index in [9.17, 15) is 5.11 Å². The molecule has 20 heavy (non-hydrogen) atoms. The van der Waals surface area contributed by atoms with Gasteiger partial charge in [0.2, 0.25) is 5.88 Å². The van der Waals surface area contributed by atoms with Crippen molar-refractivity contribution in [1.82, 2.24) is 4.98 Å².